The van der Waals surface area contributed by atoms with Crippen LogP contribution < -0.4 is 15.8 Å². The van der Waals surface area contributed by atoms with Crippen LogP contribution in [0.25, 0.3) is 0 Å². The van der Waals surface area contributed by atoms with E-state index in [1.165, 1.54) is 0 Å². The lowest BCUT2D eigenvalue weighted by molar-refractivity contribution is -0.118. The van der Waals surface area contributed by atoms with Crippen LogP contribution >= 0.6 is 23.2 Å². The van der Waals surface area contributed by atoms with Crippen LogP contribution in [0.4, 0.5) is 5.69 Å². The second-order valence-corrected chi connectivity index (χ2v) is 6.57. The first-order chi connectivity index (χ1) is 12.8. The van der Waals surface area contributed by atoms with Crippen molar-refractivity contribution in [1.29, 1.82) is 5.41 Å². The quantitative estimate of drug-likeness (QED) is 0.386. The van der Waals surface area contributed by atoms with E-state index in [0.717, 1.165) is 5.56 Å². The standard InChI is InChI=1S/C19H20Cl2N4O2/c1-24-16(12-4-3-5-13(9-12)27-2)10-18(26)25-17(22)8-11-6-14(20)19(23)15(21)7-11/h3-7,9H,8,10,23H2,1-2H3,(H2,22,25,26). The maximum absolute atomic E-state index is 12.3. The van der Waals surface area contributed by atoms with E-state index in [2.05, 4.69) is 10.3 Å². The Hall–Kier alpha value is -2.57. The summed E-state index contributed by atoms with van der Waals surface area (Å²) < 4.78 is 5.19. The largest absolute Gasteiger partial charge is 0.497 e. The molecule has 8 heteroatoms. The molecule has 0 saturated carbocycles. The molecule has 0 heterocycles. The Balaban J connectivity index is 2.00. The van der Waals surface area contributed by atoms with Crippen LogP contribution in [0, 0.1) is 5.41 Å². The summed E-state index contributed by atoms with van der Waals surface area (Å²) in [6.45, 7) is 0. The van der Waals surface area contributed by atoms with Gasteiger partial charge in [0.1, 0.15) is 11.6 Å². The zero-order valence-corrected chi connectivity index (χ0v) is 16.5. The molecule has 0 aliphatic rings. The number of hydrogen-bond donors (Lipinski definition) is 3. The predicted octanol–water partition coefficient (Wildman–Crippen LogP) is 3.73. The number of nitrogens with two attached hydrogens (primary N) is 1. The molecule has 0 aromatic heterocycles. The minimum atomic E-state index is -0.337. The lowest BCUT2D eigenvalue weighted by Crippen LogP contribution is -2.32. The number of nitrogen functional groups attached to an aromatic ring is 1. The lowest BCUT2D eigenvalue weighted by atomic mass is 10.1. The van der Waals surface area contributed by atoms with Crippen LogP contribution in [0.15, 0.2) is 41.4 Å². The molecule has 6 nitrogen and oxygen atoms in total. The molecule has 27 heavy (non-hydrogen) atoms. The molecule has 0 fully saturated rings. The van der Waals surface area contributed by atoms with Crippen LogP contribution in [0.5, 0.6) is 5.75 Å². The third-order valence-electron chi connectivity index (χ3n) is 3.81. The maximum atomic E-state index is 12.3. The third-order valence-corrected chi connectivity index (χ3v) is 4.44. The van der Waals surface area contributed by atoms with Crippen molar-refractivity contribution in [3.8, 4) is 5.75 Å². The number of carbonyl (C=O) groups is 1. The topological polar surface area (TPSA) is 101 Å². The summed E-state index contributed by atoms with van der Waals surface area (Å²) in [5.41, 5.74) is 8.06. The van der Waals surface area contributed by atoms with Gasteiger partial charge in [0, 0.05) is 13.5 Å². The smallest absolute Gasteiger partial charge is 0.231 e. The zero-order chi connectivity index (χ0) is 20.0. The summed E-state index contributed by atoms with van der Waals surface area (Å²) in [6.07, 6.45) is 0.207. The number of benzene rings is 2. The number of amides is 1. The van der Waals surface area contributed by atoms with E-state index in [0.29, 0.717) is 32.8 Å². The Bertz CT molecular complexity index is 874. The molecule has 0 atom stereocenters. The molecule has 0 spiro atoms. The van der Waals surface area contributed by atoms with Gasteiger partial charge in [0.15, 0.2) is 0 Å². The number of aliphatic imine (C=N–C) groups is 1. The molecule has 0 saturated heterocycles. The predicted molar refractivity (Wildman–Crippen MR) is 111 cm³/mol. The van der Waals surface area contributed by atoms with Gasteiger partial charge < -0.3 is 15.8 Å². The molecule has 0 aliphatic carbocycles. The SMILES string of the molecule is CN=C(CC(=O)NC(=N)Cc1cc(Cl)c(N)c(Cl)c1)c1cccc(OC)c1. The fourth-order valence-corrected chi connectivity index (χ4v) is 3.00. The van der Waals surface area contributed by atoms with Gasteiger partial charge in [0.05, 0.1) is 35.0 Å². The summed E-state index contributed by atoms with van der Waals surface area (Å²) in [4.78, 5) is 16.5. The van der Waals surface area contributed by atoms with Crippen LogP contribution in [0.1, 0.15) is 17.5 Å². The van der Waals surface area contributed by atoms with E-state index in [4.69, 9.17) is 39.1 Å². The van der Waals surface area contributed by atoms with Crippen LogP contribution in [-0.2, 0) is 11.2 Å². The number of nitrogens with one attached hydrogen (secondary N) is 2. The number of rotatable bonds is 6. The Labute approximate surface area is 167 Å². The number of carbonyl (C=O) groups excluding carboxylic acids is 1. The number of amidine groups is 1. The van der Waals surface area contributed by atoms with Crippen molar-refractivity contribution >= 4 is 46.3 Å². The summed E-state index contributed by atoms with van der Waals surface area (Å²) in [5, 5.41) is 11.2. The molecule has 0 radical (unpaired) electrons. The average Bonchev–Trinajstić information content (AvgIpc) is 2.64. The van der Waals surface area contributed by atoms with Crippen molar-refractivity contribution in [2.24, 2.45) is 4.99 Å². The lowest BCUT2D eigenvalue weighted by Gasteiger charge is -2.11. The van der Waals surface area contributed by atoms with E-state index >= 15 is 0 Å². The van der Waals surface area contributed by atoms with Gasteiger partial charge in [0.25, 0.3) is 0 Å². The van der Waals surface area contributed by atoms with Crippen LogP contribution in [0.3, 0.4) is 0 Å². The molecule has 4 N–H and O–H groups in total. The van der Waals surface area contributed by atoms with Gasteiger partial charge in [-0.2, -0.15) is 0 Å². The summed E-state index contributed by atoms with van der Waals surface area (Å²) in [6, 6.07) is 10.5. The van der Waals surface area contributed by atoms with Crippen LogP contribution in [-0.4, -0.2) is 31.6 Å². The van der Waals surface area contributed by atoms with Crippen molar-refractivity contribution in [3.05, 3.63) is 57.6 Å². The van der Waals surface area contributed by atoms with E-state index in [-0.39, 0.29) is 24.6 Å². The molecule has 0 aliphatic heterocycles. The molecule has 2 rings (SSSR count). The van der Waals surface area contributed by atoms with E-state index in [1.807, 2.05) is 18.2 Å². The fourth-order valence-electron chi connectivity index (χ4n) is 2.46. The minimum Gasteiger partial charge on any atom is -0.497 e. The summed E-state index contributed by atoms with van der Waals surface area (Å²) in [7, 11) is 3.19. The third kappa shape index (κ3) is 5.70. The molecular formula is C19H20Cl2N4O2. The first-order valence-electron chi connectivity index (χ1n) is 8.04. The Morgan fingerprint density at radius 3 is 2.52 bits per heavy atom. The Kier molecular flexibility index (Phi) is 7.21. The molecule has 1 amide bonds. The maximum Gasteiger partial charge on any atom is 0.231 e. The summed E-state index contributed by atoms with van der Waals surface area (Å²) >= 11 is 12.0. The second-order valence-electron chi connectivity index (χ2n) is 5.76. The molecule has 0 unspecified atom stereocenters. The minimum absolute atomic E-state index is 0.0259. The van der Waals surface area contributed by atoms with Crippen molar-refractivity contribution in [1.82, 2.24) is 5.32 Å². The van der Waals surface area contributed by atoms with Crippen molar-refractivity contribution in [3.63, 3.8) is 0 Å². The van der Waals surface area contributed by atoms with E-state index in [9.17, 15) is 4.79 Å². The molecule has 0 bridgehead atoms. The number of anilines is 1. The second kappa shape index (κ2) is 9.39. The average molecular weight is 407 g/mol. The van der Waals surface area contributed by atoms with Crippen molar-refractivity contribution in [2.45, 2.75) is 12.8 Å². The van der Waals surface area contributed by atoms with Gasteiger partial charge in [-0.25, -0.2) is 0 Å². The molecule has 2 aromatic carbocycles. The number of hydrogen-bond acceptors (Lipinski definition) is 5. The van der Waals surface area contributed by atoms with Gasteiger partial charge in [-0.3, -0.25) is 15.2 Å². The highest BCUT2D eigenvalue weighted by Gasteiger charge is 2.13. The summed E-state index contributed by atoms with van der Waals surface area (Å²) in [5.74, 6) is 0.368. The number of halogens is 2. The van der Waals surface area contributed by atoms with Gasteiger partial charge in [-0.15, -0.1) is 0 Å². The highest BCUT2D eigenvalue weighted by molar-refractivity contribution is 6.39. The zero-order valence-electron chi connectivity index (χ0n) is 15.0. The van der Waals surface area contributed by atoms with Crippen molar-refractivity contribution in [2.75, 3.05) is 19.9 Å². The number of methoxy groups -OCH3 is 1. The highest BCUT2D eigenvalue weighted by atomic mass is 35.5. The normalized spacial score (nSPS) is 11.2. The Morgan fingerprint density at radius 2 is 1.93 bits per heavy atom. The Morgan fingerprint density at radius 1 is 1.26 bits per heavy atom. The molecule has 142 valence electrons. The number of nitrogens with zero attached hydrogens (tertiary/aromatic N) is 1. The fraction of sp³-hybridized carbons (Fsp3) is 0.211. The van der Waals surface area contributed by atoms with E-state index < -0.39 is 0 Å². The van der Waals surface area contributed by atoms with Gasteiger partial charge >= 0.3 is 0 Å². The molecule has 2 aromatic rings. The van der Waals surface area contributed by atoms with Crippen LogP contribution in [0.2, 0.25) is 10.0 Å². The van der Waals surface area contributed by atoms with Gasteiger partial charge in [-0.05, 0) is 35.4 Å². The molecular weight excluding hydrogens is 387 g/mol. The van der Waals surface area contributed by atoms with Gasteiger partial charge in [-0.1, -0.05) is 35.3 Å². The van der Waals surface area contributed by atoms with E-state index in [1.54, 1.807) is 32.4 Å². The van der Waals surface area contributed by atoms with Gasteiger partial charge in [0.2, 0.25) is 5.91 Å². The highest BCUT2D eigenvalue weighted by Crippen LogP contribution is 2.29. The number of ether oxygens (including phenoxy) is 1. The first kappa shape index (κ1) is 20.7. The first-order valence-corrected chi connectivity index (χ1v) is 8.80. The van der Waals surface area contributed by atoms with Crippen molar-refractivity contribution < 1.29 is 9.53 Å². The monoisotopic (exact) mass is 406 g/mol.